The third-order valence-corrected chi connectivity index (χ3v) is 4.73. The number of carbonyl (C=O) groups excluding carboxylic acids is 1. The van der Waals surface area contributed by atoms with Crippen molar-refractivity contribution in [2.24, 2.45) is 0 Å². The van der Waals surface area contributed by atoms with Gasteiger partial charge in [-0.1, -0.05) is 5.16 Å². The summed E-state index contributed by atoms with van der Waals surface area (Å²) in [5.74, 6) is 1.51. The number of hydrogen-bond donors (Lipinski definition) is 1. The number of nitrogens with one attached hydrogen (secondary N) is 1. The third-order valence-electron chi connectivity index (χ3n) is 4.73. The second kappa shape index (κ2) is 7.82. The van der Waals surface area contributed by atoms with Crippen LogP contribution in [0, 0.1) is 13.8 Å². The molecular weight excluding hydrogens is 325 g/mol. The summed E-state index contributed by atoms with van der Waals surface area (Å²) in [4.78, 5) is 14.1. The summed E-state index contributed by atoms with van der Waals surface area (Å²) >= 11 is 0. The maximum absolute atomic E-state index is 13.9. The number of nitrogens with zero attached hydrogens (tertiary/aromatic N) is 2. The summed E-state index contributed by atoms with van der Waals surface area (Å²) in [7, 11) is 0. The number of hydrogen-bond acceptors (Lipinski definition) is 5. The number of aryl methyl sites for hydroxylation is 3. The van der Waals surface area contributed by atoms with Crippen LogP contribution in [-0.4, -0.2) is 41.3 Å². The first-order valence-electron chi connectivity index (χ1n) is 8.62. The fourth-order valence-electron chi connectivity index (χ4n) is 3.27. The van der Waals surface area contributed by atoms with Gasteiger partial charge in [-0.2, -0.15) is 0 Å². The minimum Gasteiger partial charge on any atom is -0.469 e. The number of furan rings is 1. The van der Waals surface area contributed by atoms with E-state index in [1.807, 2.05) is 19.9 Å². The Bertz CT molecular complexity index is 679. The molecule has 0 aliphatic carbocycles. The van der Waals surface area contributed by atoms with E-state index in [4.69, 9.17) is 8.94 Å². The molecule has 1 aliphatic heterocycles. The Hall–Kier alpha value is -2.15. The fraction of sp³-hybridized carbons (Fsp3) is 0.556. The van der Waals surface area contributed by atoms with E-state index in [0.717, 1.165) is 22.8 Å². The highest BCUT2D eigenvalue weighted by Gasteiger charge is 2.33. The van der Waals surface area contributed by atoms with Gasteiger partial charge in [-0.05, 0) is 32.4 Å². The molecule has 3 rings (SSSR count). The lowest BCUT2D eigenvalue weighted by Gasteiger charge is -2.24. The van der Waals surface area contributed by atoms with Gasteiger partial charge in [-0.15, -0.1) is 0 Å². The van der Waals surface area contributed by atoms with E-state index in [1.54, 1.807) is 12.3 Å². The van der Waals surface area contributed by atoms with Crippen molar-refractivity contribution >= 4 is 5.91 Å². The van der Waals surface area contributed by atoms with Crippen molar-refractivity contribution in [1.82, 2.24) is 15.4 Å². The van der Waals surface area contributed by atoms with Gasteiger partial charge in [0.15, 0.2) is 0 Å². The van der Waals surface area contributed by atoms with E-state index in [-0.39, 0.29) is 11.9 Å². The number of rotatable bonds is 7. The summed E-state index contributed by atoms with van der Waals surface area (Å²) in [6.07, 6.45) is 2.09. The first kappa shape index (κ1) is 17.7. The standard InChI is InChI=1S/C18H24FN3O3/c1-12-17(13(2)25-21-12)11-22-10-14(19)8-15(22)9-20-18(23)6-5-16-4-3-7-24-16/h3-4,7,14-15H,5-6,8-11H2,1-2H3,(H,20,23)/t14-,15-/m0/s1. The van der Waals surface area contributed by atoms with Crippen LogP contribution in [-0.2, 0) is 17.8 Å². The highest BCUT2D eigenvalue weighted by atomic mass is 19.1. The van der Waals surface area contributed by atoms with Gasteiger partial charge in [0.05, 0.1) is 12.0 Å². The summed E-state index contributed by atoms with van der Waals surface area (Å²) in [5.41, 5.74) is 1.84. The summed E-state index contributed by atoms with van der Waals surface area (Å²) in [6, 6.07) is 3.64. The van der Waals surface area contributed by atoms with Gasteiger partial charge in [0.1, 0.15) is 17.7 Å². The van der Waals surface area contributed by atoms with Crippen LogP contribution in [0.4, 0.5) is 4.39 Å². The van der Waals surface area contributed by atoms with Gasteiger partial charge < -0.3 is 14.3 Å². The van der Waals surface area contributed by atoms with Crippen LogP contribution in [0.3, 0.4) is 0 Å². The first-order valence-corrected chi connectivity index (χ1v) is 8.62. The Balaban J connectivity index is 1.50. The zero-order valence-corrected chi connectivity index (χ0v) is 14.6. The minimum atomic E-state index is -0.870. The largest absolute Gasteiger partial charge is 0.469 e. The molecule has 0 unspecified atom stereocenters. The Morgan fingerprint density at radius 1 is 1.48 bits per heavy atom. The van der Waals surface area contributed by atoms with Crippen molar-refractivity contribution in [3.8, 4) is 0 Å². The lowest BCUT2D eigenvalue weighted by molar-refractivity contribution is -0.121. The minimum absolute atomic E-state index is 0.0173. The first-order chi connectivity index (χ1) is 12.0. The van der Waals surface area contributed by atoms with Gasteiger partial charge in [-0.3, -0.25) is 9.69 Å². The SMILES string of the molecule is Cc1noc(C)c1CN1C[C@@H](F)C[C@H]1CNC(=O)CCc1ccco1. The van der Waals surface area contributed by atoms with Crippen LogP contribution in [0.5, 0.6) is 0 Å². The molecule has 1 saturated heterocycles. The van der Waals surface area contributed by atoms with Crippen LogP contribution < -0.4 is 5.32 Å². The van der Waals surface area contributed by atoms with Crippen LogP contribution >= 0.6 is 0 Å². The molecule has 25 heavy (non-hydrogen) atoms. The summed E-state index contributed by atoms with van der Waals surface area (Å²) in [5, 5.41) is 6.87. The maximum Gasteiger partial charge on any atom is 0.220 e. The molecule has 2 aromatic rings. The Kier molecular flexibility index (Phi) is 5.53. The summed E-state index contributed by atoms with van der Waals surface area (Å²) < 4.78 is 24.3. The average molecular weight is 349 g/mol. The quantitative estimate of drug-likeness (QED) is 0.832. The maximum atomic E-state index is 13.9. The predicted molar refractivity (Wildman–Crippen MR) is 89.7 cm³/mol. The monoisotopic (exact) mass is 349 g/mol. The molecule has 0 aromatic carbocycles. The zero-order valence-electron chi connectivity index (χ0n) is 14.6. The second-order valence-corrected chi connectivity index (χ2v) is 6.60. The van der Waals surface area contributed by atoms with Gasteiger partial charge in [0, 0.05) is 44.1 Å². The van der Waals surface area contributed by atoms with Crippen molar-refractivity contribution in [2.45, 2.75) is 51.9 Å². The molecule has 1 fully saturated rings. The average Bonchev–Trinajstić information content (AvgIpc) is 3.29. The second-order valence-electron chi connectivity index (χ2n) is 6.60. The van der Waals surface area contributed by atoms with Gasteiger partial charge in [0.25, 0.3) is 0 Å². The topological polar surface area (TPSA) is 71.5 Å². The lowest BCUT2D eigenvalue weighted by Crippen LogP contribution is -2.40. The molecule has 136 valence electrons. The number of alkyl halides is 1. The molecule has 1 amide bonds. The molecule has 6 nitrogen and oxygen atoms in total. The van der Waals surface area contributed by atoms with Crippen molar-refractivity contribution < 1.29 is 18.1 Å². The molecule has 0 spiro atoms. The summed E-state index contributed by atoms with van der Waals surface area (Å²) in [6.45, 7) is 5.16. The normalized spacial score (nSPS) is 20.9. The molecule has 0 bridgehead atoms. The Labute approximate surface area is 146 Å². The van der Waals surface area contributed by atoms with Crippen LogP contribution in [0.25, 0.3) is 0 Å². The van der Waals surface area contributed by atoms with Crippen molar-refractivity contribution in [3.63, 3.8) is 0 Å². The third kappa shape index (κ3) is 4.48. The van der Waals surface area contributed by atoms with E-state index < -0.39 is 6.17 Å². The predicted octanol–water partition coefficient (Wildman–Crippen LogP) is 2.55. The van der Waals surface area contributed by atoms with Gasteiger partial charge >= 0.3 is 0 Å². The zero-order chi connectivity index (χ0) is 17.8. The number of carbonyl (C=O) groups is 1. The van der Waals surface area contributed by atoms with Crippen LogP contribution in [0.15, 0.2) is 27.3 Å². The highest BCUT2D eigenvalue weighted by Crippen LogP contribution is 2.24. The van der Waals surface area contributed by atoms with E-state index in [2.05, 4.69) is 15.4 Å². The molecule has 0 saturated carbocycles. The van der Waals surface area contributed by atoms with E-state index >= 15 is 0 Å². The number of halogens is 1. The van der Waals surface area contributed by atoms with E-state index in [9.17, 15) is 9.18 Å². The number of likely N-dealkylation sites (tertiary alicyclic amines) is 1. The van der Waals surface area contributed by atoms with Gasteiger partial charge in [0.2, 0.25) is 5.91 Å². The fourth-order valence-corrected chi connectivity index (χ4v) is 3.27. The molecule has 3 heterocycles. The highest BCUT2D eigenvalue weighted by molar-refractivity contribution is 5.76. The lowest BCUT2D eigenvalue weighted by atomic mass is 10.1. The van der Waals surface area contributed by atoms with Crippen LogP contribution in [0.2, 0.25) is 0 Å². The molecule has 7 heteroatoms. The molecule has 2 aromatic heterocycles. The molecule has 2 atom stereocenters. The van der Waals surface area contributed by atoms with Crippen molar-refractivity contribution in [3.05, 3.63) is 41.2 Å². The molecule has 0 radical (unpaired) electrons. The number of aromatic nitrogens is 1. The van der Waals surface area contributed by atoms with Gasteiger partial charge in [-0.25, -0.2) is 4.39 Å². The Morgan fingerprint density at radius 3 is 3.00 bits per heavy atom. The molecular formula is C18H24FN3O3. The smallest absolute Gasteiger partial charge is 0.220 e. The van der Waals surface area contributed by atoms with E-state index in [0.29, 0.717) is 38.9 Å². The van der Waals surface area contributed by atoms with E-state index in [1.165, 1.54) is 0 Å². The number of amides is 1. The van der Waals surface area contributed by atoms with Crippen molar-refractivity contribution in [1.29, 1.82) is 0 Å². The molecule has 1 N–H and O–H groups in total. The molecule has 1 aliphatic rings. The van der Waals surface area contributed by atoms with Crippen LogP contribution in [0.1, 0.15) is 35.6 Å². The van der Waals surface area contributed by atoms with Crippen molar-refractivity contribution in [2.75, 3.05) is 13.1 Å². The Morgan fingerprint density at radius 2 is 2.32 bits per heavy atom.